The van der Waals surface area contributed by atoms with Crippen LogP contribution in [0.4, 0.5) is 0 Å². The van der Waals surface area contributed by atoms with Crippen LogP contribution in [0.15, 0.2) is 36.4 Å². The van der Waals surface area contributed by atoms with Crippen molar-refractivity contribution < 1.29 is 22.7 Å². The van der Waals surface area contributed by atoms with E-state index in [-0.39, 0.29) is 24.0 Å². The van der Waals surface area contributed by atoms with E-state index < -0.39 is 21.8 Å². The van der Waals surface area contributed by atoms with Gasteiger partial charge in [-0.2, -0.15) is 0 Å². The number of carbonyl (C=O) groups is 2. The number of hydrogen-bond acceptors (Lipinski definition) is 6. The van der Waals surface area contributed by atoms with Gasteiger partial charge >= 0.3 is 5.97 Å². The monoisotopic (exact) mass is 447 g/mol. The maximum Gasteiger partial charge on any atom is 0.348 e. The minimum atomic E-state index is -3.14. The molecule has 1 aromatic carbocycles. The first-order valence-corrected chi connectivity index (χ1v) is 12.9. The number of sulfone groups is 1. The lowest BCUT2D eigenvalue weighted by atomic mass is 9.99. The summed E-state index contributed by atoms with van der Waals surface area (Å²) in [5.41, 5.74) is 2.12. The fraction of sp³-hybridized carbons (Fsp3) is 0.455. The molecule has 1 amide bonds. The van der Waals surface area contributed by atoms with E-state index >= 15 is 0 Å². The number of aryl methyl sites for hydroxylation is 2. The molecular weight excluding hydrogens is 422 g/mol. The SMILES string of the molecule is O=C(OCC(=O)N(Cc1ccccc1)[C@@H]1CCS(=O)(=O)C1)c1cc2c(s1)CCCC2. The zero-order valence-corrected chi connectivity index (χ0v) is 18.3. The van der Waals surface area contributed by atoms with Crippen LogP contribution in [0.25, 0.3) is 0 Å². The van der Waals surface area contributed by atoms with E-state index in [0.717, 1.165) is 31.2 Å². The number of rotatable bonds is 6. The third-order valence-corrected chi connectivity index (χ3v) is 8.66. The van der Waals surface area contributed by atoms with E-state index in [0.29, 0.717) is 17.8 Å². The molecule has 30 heavy (non-hydrogen) atoms. The molecule has 4 rings (SSSR count). The van der Waals surface area contributed by atoms with Crippen LogP contribution in [0, 0.1) is 0 Å². The smallest absolute Gasteiger partial charge is 0.348 e. The molecule has 2 aromatic rings. The van der Waals surface area contributed by atoms with E-state index in [2.05, 4.69) is 0 Å². The van der Waals surface area contributed by atoms with Crippen LogP contribution >= 0.6 is 11.3 Å². The molecule has 2 heterocycles. The second-order valence-electron chi connectivity index (χ2n) is 7.91. The van der Waals surface area contributed by atoms with E-state index in [4.69, 9.17) is 4.74 Å². The molecule has 1 saturated heterocycles. The van der Waals surface area contributed by atoms with Crippen molar-refractivity contribution in [1.82, 2.24) is 4.90 Å². The molecule has 1 aliphatic carbocycles. The summed E-state index contributed by atoms with van der Waals surface area (Å²) in [7, 11) is -3.14. The Kier molecular flexibility index (Phi) is 6.24. The van der Waals surface area contributed by atoms with Gasteiger partial charge in [0.25, 0.3) is 5.91 Å². The number of ether oxygens (including phenoxy) is 1. The summed E-state index contributed by atoms with van der Waals surface area (Å²) < 4.78 is 29.2. The zero-order chi connectivity index (χ0) is 21.1. The molecule has 0 N–H and O–H groups in total. The van der Waals surface area contributed by atoms with Gasteiger partial charge in [-0.3, -0.25) is 4.79 Å². The second kappa shape index (κ2) is 8.89. The van der Waals surface area contributed by atoms with E-state index in [9.17, 15) is 18.0 Å². The maximum atomic E-state index is 12.9. The van der Waals surface area contributed by atoms with Crippen LogP contribution in [0.3, 0.4) is 0 Å². The zero-order valence-electron chi connectivity index (χ0n) is 16.7. The fourth-order valence-corrected chi connectivity index (χ4v) is 6.97. The number of fused-ring (bicyclic) bond motifs is 1. The lowest BCUT2D eigenvalue weighted by molar-refractivity contribution is -0.137. The van der Waals surface area contributed by atoms with Gasteiger partial charge in [0.1, 0.15) is 4.88 Å². The molecular formula is C22H25NO5S2. The second-order valence-corrected chi connectivity index (χ2v) is 11.3. The highest BCUT2D eigenvalue weighted by atomic mass is 32.2. The summed E-state index contributed by atoms with van der Waals surface area (Å²) >= 11 is 1.45. The van der Waals surface area contributed by atoms with Crippen LogP contribution in [-0.4, -0.2) is 49.3 Å². The number of thiophene rings is 1. The van der Waals surface area contributed by atoms with E-state index in [1.807, 2.05) is 36.4 Å². The van der Waals surface area contributed by atoms with Crippen molar-refractivity contribution in [3.63, 3.8) is 0 Å². The van der Waals surface area contributed by atoms with Gasteiger partial charge in [0, 0.05) is 17.5 Å². The van der Waals surface area contributed by atoms with Crippen LogP contribution in [0.1, 0.15) is 44.9 Å². The molecule has 1 fully saturated rings. The minimum absolute atomic E-state index is 0.0445. The van der Waals surface area contributed by atoms with Gasteiger partial charge in [-0.05, 0) is 49.3 Å². The van der Waals surface area contributed by atoms with Gasteiger partial charge in [0.05, 0.1) is 11.5 Å². The quantitative estimate of drug-likeness (QED) is 0.636. The minimum Gasteiger partial charge on any atom is -0.451 e. The first-order valence-electron chi connectivity index (χ1n) is 10.2. The Hall–Kier alpha value is -2.19. The Balaban J connectivity index is 1.43. The van der Waals surface area contributed by atoms with Gasteiger partial charge in [-0.25, -0.2) is 13.2 Å². The van der Waals surface area contributed by atoms with Crippen molar-refractivity contribution in [3.8, 4) is 0 Å². The van der Waals surface area contributed by atoms with Crippen molar-refractivity contribution in [1.29, 1.82) is 0 Å². The van der Waals surface area contributed by atoms with Crippen LogP contribution < -0.4 is 0 Å². The van der Waals surface area contributed by atoms with Crippen LogP contribution in [0.5, 0.6) is 0 Å². The summed E-state index contributed by atoms with van der Waals surface area (Å²) in [6.45, 7) is -0.0878. The highest BCUT2D eigenvalue weighted by molar-refractivity contribution is 7.91. The molecule has 1 aromatic heterocycles. The highest BCUT2D eigenvalue weighted by Gasteiger charge is 2.35. The molecule has 0 bridgehead atoms. The number of nitrogens with zero attached hydrogens (tertiary/aromatic N) is 1. The third kappa shape index (κ3) is 4.92. The molecule has 1 atom stereocenters. The lowest BCUT2D eigenvalue weighted by Crippen LogP contribution is -2.42. The number of carbonyl (C=O) groups excluding carboxylic acids is 2. The normalized spacial score (nSPS) is 19.8. The molecule has 6 nitrogen and oxygen atoms in total. The maximum absolute atomic E-state index is 12.9. The Morgan fingerprint density at radius 2 is 1.90 bits per heavy atom. The Bertz CT molecular complexity index is 1010. The molecule has 2 aliphatic rings. The Labute approximate surface area is 180 Å². The molecule has 0 spiro atoms. The third-order valence-electron chi connectivity index (χ3n) is 5.69. The lowest BCUT2D eigenvalue weighted by Gasteiger charge is -2.28. The first-order chi connectivity index (χ1) is 14.4. The van der Waals surface area contributed by atoms with Gasteiger partial charge in [0.15, 0.2) is 16.4 Å². The van der Waals surface area contributed by atoms with Crippen LogP contribution in [-0.2, 0) is 38.8 Å². The average Bonchev–Trinajstić information content (AvgIpc) is 3.33. The number of hydrogen-bond donors (Lipinski definition) is 0. The standard InChI is InChI=1S/C22H25NO5S2/c24-21(14-28-22(25)20-12-17-8-4-5-9-19(17)29-20)23(13-16-6-2-1-3-7-16)18-10-11-30(26,27)15-18/h1-3,6-7,12,18H,4-5,8-11,13-15H2/t18-/m1/s1. The van der Waals surface area contributed by atoms with Gasteiger partial charge in [-0.1, -0.05) is 30.3 Å². The van der Waals surface area contributed by atoms with E-state index in [1.165, 1.54) is 21.8 Å². The van der Waals surface area contributed by atoms with Crippen molar-refractivity contribution in [2.75, 3.05) is 18.1 Å². The summed E-state index contributed by atoms with van der Waals surface area (Å²) in [6, 6.07) is 10.9. The van der Waals surface area contributed by atoms with E-state index in [1.54, 1.807) is 4.90 Å². The average molecular weight is 448 g/mol. The fourth-order valence-electron chi connectivity index (χ4n) is 4.09. The highest BCUT2D eigenvalue weighted by Crippen LogP contribution is 2.30. The largest absolute Gasteiger partial charge is 0.451 e. The predicted octanol–water partition coefficient (Wildman–Crippen LogP) is 3.00. The van der Waals surface area contributed by atoms with Crippen molar-refractivity contribution >= 4 is 33.1 Å². The number of amides is 1. The van der Waals surface area contributed by atoms with Crippen molar-refractivity contribution in [2.24, 2.45) is 0 Å². The van der Waals surface area contributed by atoms with Crippen LogP contribution in [0.2, 0.25) is 0 Å². The molecule has 160 valence electrons. The Morgan fingerprint density at radius 1 is 1.13 bits per heavy atom. The van der Waals surface area contributed by atoms with Gasteiger partial charge < -0.3 is 9.64 Å². The predicted molar refractivity (Wildman–Crippen MR) is 115 cm³/mol. The summed E-state index contributed by atoms with van der Waals surface area (Å²) in [5, 5.41) is 0. The molecule has 8 heteroatoms. The molecule has 1 aliphatic heterocycles. The molecule has 0 unspecified atom stereocenters. The summed E-state index contributed by atoms with van der Waals surface area (Å²) in [4.78, 5) is 28.7. The van der Waals surface area contributed by atoms with Crippen molar-refractivity contribution in [3.05, 3.63) is 57.3 Å². The summed E-state index contributed by atoms with van der Waals surface area (Å²) in [5.74, 6) is -0.814. The van der Waals surface area contributed by atoms with Gasteiger partial charge in [-0.15, -0.1) is 11.3 Å². The topological polar surface area (TPSA) is 80.8 Å². The first kappa shape index (κ1) is 21.1. The molecule has 0 radical (unpaired) electrons. The number of esters is 1. The summed E-state index contributed by atoms with van der Waals surface area (Å²) in [6.07, 6.45) is 4.66. The molecule has 0 saturated carbocycles. The Morgan fingerprint density at radius 3 is 2.60 bits per heavy atom. The van der Waals surface area contributed by atoms with Gasteiger partial charge in [0.2, 0.25) is 0 Å². The van der Waals surface area contributed by atoms with Crippen molar-refractivity contribution in [2.45, 2.75) is 44.7 Å². The number of benzene rings is 1.